The third-order valence-electron chi connectivity index (χ3n) is 3.52. The highest BCUT2D eigenvalue weighted by Gasteiger charge is 2.09. The smallest absolute Gasteiger partial charge is 0.321 e. The van der Waals surface area contributed by atoms with Crippen molar-refractivity contribution in [2.75, 3.05) is 12.4 Å². The summed E-state index contributed by atoms with van der Waals surface area (Å²) in [5.41, 5.74) is 1.84. The summed E-state index contributed by atoms with van der Waals surface area (Å²) in [7, 11) is 1.77. The van der Waals surface area contributed by atoms with Crippen molar-refractivity contribution in [2.24, 2.45) is 0 Å². The quantitative estimate of drug-likeness (QED) is 0.795. The molecule has 3 aromatic rings. The van der Waals surface area contributed by atoms with Gasteiger partial charge >= 0.3 is 6.03 Å². The number of fused-ring (bicyclic) bond motifs is 1. The first kappa shape index (κ1) is 14.1. The zero-order valence-corrected chi connectivity index (χ0v) is 12.4. The number of rotatable bonds is 3. The molecule has 0 unspecified atom stereocenters. The van der Waals surface area contributed by atoms with Crippen LogP contribution in [0.2, 0.25) is 0 Å². The van der Waals surface area contributed by atoms with Crippen LogP contribution < -0.4 is 5.32 Å². The summed E-state index contributed by atoms with van der Waals surface area (Å²) in [5.74, 6) is 0. The summed E-state index contributed by atoms with van der Waals surface area (Å²) < 4.78 is 0. The van der Waals surface area contributed by atoms with Crippen LogP contribution in [-0.2, 0) is 6.54 Å². The number of hydrogen-bond donors (Lipinski definition) is 1. The Morgan fingerprint density at radius 1 is 1.05 bits per heavy atom. The monoisotopic (exact) mass is 291 g/mol. The molecule has 3 rings (SSSR count). The van der Waals surface area contributed by atoms with E-state index in [0.29, 0.717) is 6.54 Å². The first-order valence-electron chi connectivity index (χ1n) is 7.12. The molecule has 0 bridgehead atoms. The number of urea groups is 1. The highest BCUT2D eigenvalue weighted by molar-refractivity contribution is 5.93. The van der Waals surface area contributed by atoms with Crippen molar-refractivity contribution in [2.45, 2.75) is 6.54 Å². The summed E-state index contributed by atoms with van der Waals surface area (Å²) in [6.07, 6.45) is 3.45. The Bertz CT molecular complexity index is 786. The van der Waals surface area contributed by atoms with Crippen LogP contribution in [0.4, 0.5) is 10.5 Å². The molecule has 2 amide bonds. The van der Waals surface area contributed by atoms with Gasteiger partial charge in [0.05, 0.1) is 0 Å². The van der Waals surface area contributed by atoms with Crippen LogP contribution in [0.3, 0.4) is 0 Å². The van der Waals surface area contributed by atoms with Crippen molar-refractivity contribution in [3.63, 3.8) is 0 Å². The normalized spacial score (nSPS) is 10.4. The molecule has 0 atom stereocenters. The van der Waals surface area contributed by atoms with E-state index in [2.05, 4.69) is 16.4 Å². The largest absolute Gasteiger partial charge is 0.323 e. The standard InChI is InChI=1S/C18H17N3O/c1-21(13-14-8-10-19-11-9-14)18(22)20-17-7-6-15-4-2-3-5-16(15)12-17/h2-12H,13H2,1H3,(H,20,22). The Balaban J connectivity index is 1.69. The maximum atomic E-state index is 12.3. The molecule has 2 aromatic carbocycles. The highest BCUT2D eigenvalue weighted by Crippen LogP contribution is 2.19. The molecule has 4 nitrogen and oxygen atoms in total. The molecule has 4 heteroatoms. The van der Waals surface area contributed by atoms with Gasteiger partial charge < -0.3 is 10.2 Å². The Hall–Kier alpha value is -2.88. The third kappa shape index (κ3) is 3.23. The molecular weight excluding hydrogens is 274 g/mol. The molecule has 0 fully saturated rings. The van der Waals surface area contributed by atoms with Crippen molar-refractivity contribution in [1.29, 1.82) is 0 Å². The lowest BCUT2D eigenvalue weighted by Crippen LogP contribution is -2.30. The minimum atomic E-state index is -0.132. The molecular formula is C18H17N3O. The Morgan fingerprint density at radius 3 is 2.55 bits per heavy atom. The Kier molecular flexibility index (Phi) is 4.01. The molecule has 1 heterocycles. The van der Waals surface area contributed by atoms with E-state index >= 15 is 0 Å². The number of nitrogens with zero attached hydrogens (tertiary/aromatic N) is 2. The van der Waals surface area contributed by atoms with Crippen LogP contribution in [0.15, 0.2) is 67.0 Å². The van der Waals surface area contributed by atoms with Crippen molar-refractivity contribution < 1.29 is 4.79 Å². The number of aromatic nitrogens is 1. The summed E-state index contributed by atoms with van der Waals surface area (Å²) >= 11 is 0. The molecule has 0 aliphatic heterocycles. The zero-order valence-electron chi connectivity index (χ0n) is 12.4. The molecule has 0 saturated heterocycles. The second-order valence-corrected chi connectivity index (χ2v) is 5.20. The zero-order chi connectivity index (χ0) is 15.4. The van der Waals surface area contributed by atoms with E-state index in [0.717, 1.165) is 22.0 Å². The van der Waals surface area contributed by atoms with Crippen molar-refractivity contribution >= 4 is 22.5 Å². The van der Waals surface area contributed by atoms with Crippen molar-refractivity contribution in [1.82, 2.24) is 9.88 Å². The van der Waals surface area contributed by atoms with Crippen LogP contribution in [0.1, 0.15) is 5.56 Å². The molecule has 22 heavy (non-hydrogen) atoms. The van der Waals surface area contributed by atoms with Gasteiger partial charge in [-0.1, -0.05) is 30.3 Å². The van der Waals surface area contributed by atoms with Crippen LogP contribution in [-0.4, -0.2) is 23.0 Å². The van der Waals surface area contributed by atoms with Gasteiger partial charge in [0.15, 0.2) is 0 Å². The summed E-state index contributed by atoms with van der Waals surface area (Å²) in [5, 5.41) is 5.19. The van der Waals surface area contributed by atoms with Gasteiger partial charge in [0.1, 0.15) is 0 Å². The van der Waals surface area contributed by atoms with Gasteiger partial charge in [-0.15, -0.1) is 0 Å². The van der Waals surface area contributed by atoms with E-state index in [4.69, 9.17) is 0 Å². The Labute approximate surface area is 129 Å². The van der Waals surface area contributed by atoms with Gasteiger partial charge in [0.25, 0.3) is 0 Å². The maximum Gasteiger partial charge on any atom is 0.321 e. The topological polar surface area (TPSA) is 45.2 Å². The van der Waals surface area contributed by atoms with Crippen molar-refractivity contribution in [3.05, 3.63) is 72.6 Å². The predicted octanol–water partition coefficient (Wildman–Crippen LogP) is 3.90. The molecule has 0 aliphatic carbocycles. The number of nitrogens with one attached hydrogen (secondary N) is 1. The second kappa shape index (κ2) is 6.26. The molecule has 1 aromatic heterocycles. The maximum absolute atomic E-state index is 12.3. The van der Waals surface area contributed by atoms with Crippen LogP contribution >= 0.6 is 0 Å². The first-order valence-corrected chi connectivity index (χ1v) is 7.12. The number of anilines is 1. The lowest BCUT2D eigenvalue weighted by Gasteiger charge is -2.18. The van der Waals surface area contributed by atoms with Gasteiger partial charge in [-0.2, -0.15) is 0 Å². The van der Waals surface area contributed by atoms with Crippen LogP contribution in [0.25, 0.3) is 10.8 Å². The van der Waals surface area contributed by atoms with Crippen molar-refractivity contribution in [3.8, 4) is 0 Å². The van der Waals surface area contributed by atoms with Crippen LogP contribution in [0.5, 0.6) is 0 Å². The number of carbonyl (C=O) groups excluding carboxylic acids is 1. The molecule has 0 radical (unpaired) electrons. The summed E-state index contributed by atoms with van der Waals surface area (Å²) in [6.45, 7) is 0.544. The fourth-order valence-corrected chi connectivity index (χ4v) is 2.32. The first-order chi connectivity index (χ1) is 10.7. The lowest BCUT2D eigenvalue weighted by atomic mass is 10.1. The van der Waals surface area contributed by atoms with E-state index in [-0.39, 0.29) is 6.03 Å². The summed E-state index contributed by atoms with van der Waals surface area (Å²) in [4.78, 5) is 17.9. The highest BCUT2D eigenvalue weighted by atomic mass is 16.2. The molecule has 0 aliphatic rings. The van der Waals surface area contributed by atoms with Gasteiger partial charge in [-0.05, 0) is 40.6 Å². The molecule has 110 valence electrons. The van der Waals surface area contributed by atoms with E-state index in [1.165, 1.54) is 0 Å². The fraction of sp³-hybridized carbons (Fsp3) is 0.111. The van der Waals surface area contributed by atoms with E-state index < -0.39 is 0 Å². The Morgan fingerprint density at radius 2 is 1.77 bits per heavy atom. The summed E-state index contributed by atoms with van der Waals surface area (Å²) in [6, 6.07) is 17.7. The number of pyridine rings is 1. The SMILES string of the molecule is CN(Cc1ccncc1)C(=O)Nc1ccc2ccccc2c1. The number of amides is 2. The van der Waals surface area contributed by atoms with Gasteiger partial charge in [0, 0.05) is 31.7 Å². The van der Waals surface area contributed by atoms with E-state index in [1.807, 2.05) is 48.5 Å². The molecule has 0 spiro atoms. The van der Waals surface area contributed by atoms with E-state index in [9.17, 15) is 4.79 Å². The number of hydrogen-bond acceptors (Lipinski definition) is 2. The minimum Gasteiger partial charge on any atom is -0.323 e. The fourth-order valence-electron chi connectivity index (χ4n) is 2.32. The van der Waals surface area contributed by atoms with Crippen LogP contribution in [0, 0.1) is 0 Å². The average molecular weight is 291 g/mol. The average Bonchev–Trinajstić information content (AvgIpc) is 2.55. The predicted molar refractivity (Wildman–Crippen MR) is 88.7 cm³/mol. The molecule has 1 N–H and O–H groups in total. The second-order valence-electron chi connectivity index (χ2n) is 5.20. The lowest BCUT2D eigenvalue weighted by molar-refractivity contribution is 0.220. The molecule has 0 saturated carbocycles. The third-order valence-corrected chi connectivity index (χ3v) is 3.52. The van der Waals surface area contributed by atoms with E-state index in [1.54, 1.807) is 24.3 Å². The van der Waals surface area contributed by atoms with Gasteiger partial charge in [0.2, 0.25) is 0 Å². The minimum absolute atomic E-state index is 0.132. The van der Waals surface area contributed by atoms with Gasteiger partial charge in [-0.25, -0.2) is 4.79 Å². The van der Waals surface area contributed by atoms with Gasteiger partial charge in [-0.3, -0.25) is 4.98 Å². The number of benzene rings is 2. The number of carbonyl (C=O) groups is 1.